The van der Waals surface area contributed by atoms with Crippen molar-refractivity contribution in [2.24, 2.45) is 0 Å². The summed E-state index contributed by atoms with van der Waals surface area (Å²) in [6.45, 7) is 0.669. The fraction of sp³-hybridized carbons (Fsp3) is 0.0909. The minimum absolute atomic E-state index is 0.669. The Morgan fingerprint density at radius 2 is 1.50 bits per heavy atom. The fourth-order valence-electron chi connectivity index (χ4n) is 2.89. The molecule has 0 amide bonds. The van der Waals surface area contributed by atoms with Crippen molar-refractivity contribution in [2.45, 2.75) is 6.54 Å². The lowest BCUT2D eigenvalue weighted by Crippen LogP contribution is -2.04. The molecule has 0 fully saturated rings. The van der Waals surface area contributed by atoms with E-state index in [9.17, 15) is 0 Å². The van der Waals surface area contributed by atoms with Gasteiger partial charge in [0.05, 0.1) is 13.7 Å². The molecule has 4 heteroatoms. The van der Waals surface area contributed by atoms with E-state index in [2.05, 4.69) is 24.3 Å². The van der Waals surface area contributed by atoms with E-state index >= 15 is 0 Å². The van der Waals surface area contributed by atoms with E-state index in [1.807, 2.05) is 65.3 Å². The standard InChI is InChI=1S/C22H19N3O/c1-26-20-14-8-13-19(15-20)21-23-22(18-11-6-3-7-12-18)25(24-21)16-17-9-4-2-5-10-17/h2-15H,16H2,1H3. The number of aromatic nitrogens is 3. The molecule has 0 saturated carbocycles. The van der Waals surface area contributed by atoms with Crippen LogP contribution in [-0.2, 0) is 6.54 Å². The largest absolute Gasteiger partial charge is 0.497 e. The van der Waals surface area contributed by atoms with Gasteiger partial charge in [-0.2, -0.15) is 5.10 Å². The molecule has 1 aromatic heterocycles. The highest BCUT2D eigenvalue weighted by Gasteiger charge is 2.14. The molecule has 0 aliphatic rings. The molecule has 0 saturated heterocycles. The highest BCUT2D eigenvalue weighted by atomic mass is 16.5. The first-order chi connectivity index (χ1) is 12.8. The molecule has 26 heavy (non-hydrogen) atoms. The molecule has 128 valence electrons. The normalized spacial score (nSPS) is 10.7. The second-order valence-electron chi connectivity index (χ2n) is 6.00. The van der Waals surface area contributed by atoms with Crippen LogP contribution >= 0.6 is 0 Å². The van der Waals surface area contributed by atoms with Crippen LogP contribution in [0.1, 0.15) is 5.56 Å². The average Bonchev–Trinajstić information content (AvgIpc) is 3.13. The number of benzene rings is 3. The van der Waals surface area contributed by atoms with E-state index in [1.54, 1.807) is 7.11 Å². The van der Waals surface area contributed by atoms with E-state index in [4.69, 9.17) is 14.8 Å². The smallest absolute Gasteiger partial charge is 0.181 e. The van der Waals surface area contributed by atoms with Crippen LogP contribution in [0.5, 0.6) is 5.75 Å². The molecule has 3 aromatic carbocycles. The summed E-state index contributed by atoms with van der Waals surface area (Å²) in [5, 5.41) is 4.78. The van der Waals surface area contributed by atoms with Gasteiger partial charge in [0.15, 0.2) is 11.6 Å². The van der Waals surface area contributed by atoms with Gasteiger partial charge in [-0.25, -0.2) is 9.67 Å². The maximum Gasteiger partial charge on any atom is 0.181 e. The van der Waals surface area contributed by atoms with Gasteiger partial charge in [-0.3, -0.25) is 0 Å². The van der Waals surface area contributed by atoms with Crippen molar-refractivity contribution in [1.29, 1.82) is 0 Å². The van der Waals surface area contributed by atoms with Crippen molar-refractivity contribution in [1.82, 2.24) is 14.8 Å². The zero-order chi connectivity index (χ0) is 17.8. The Morgan fingerprint density at radius 3 is 2.23 bits per heavy atom. The molecule has 0 unspecified atom stereocenters. The number of hydrogen-bond acceptors (Lipinski definition) is 3. The third kappa shape index (κ3) is 3.35. The fourth-order valence-corrected chi connectivity index (χ4v) is 2.89. The van der Waals surface area contributed by atoms with Crippen LogP contribution in [0.25, 0.3) is 22.8 Å². The molecule has 0 aliphatic carbocycles. The third-order valence-electron chi connectivity index (χ3n) is 4.21. The number of hydrogen-bond donors (Lipinski definition) is 0. The number of ether oxygens (including phenoxy) is 1. The SMILES string of the molecule is COc1cccc(-c2nc(-c3ccccc3)n(Cc3ccccc3)n2)c1. The number of methoxy groups -OCH3 is 1. The minimum Gasteiger partial charge on any atom is -0.497 e. The Morgan fingerprint density at radius 1 is 0.808 bits per heavy atom. The van der Waals surface area contributed by atoms with Crippen LogP contribution in [0.2, 0.25) is 0 Å². The van der Waals surface area contributed by atoms with Crippen molar-refractivity contribution in [2.75, 3.05) is 7.11 Å². The lowest BCUT2D eigenvalue weighted by atomic mass is 10.2. The predicted octanol–water partition coefficient (Wildman–Crippen LogP) is 4.67. The van der Waals surface area contributed by atoms with Gasteiger partial charge in [-0.1, -0.05) is 72.8 Å². The highest BCUT2D eigenvalue weighted by Crippen LogP contribution is 2.25. The molecule has 4 nitrogen and oxygen atoms in total. The molecule has 0 N–H and O–H groups in total. The van der Waals surface area contributed by atoms with Gasteiger partial charge in [-0.15, -0.1) is 0 Å². The van der Waals surface area contributed by atoms with Gasteiger partial charge in [0, 0.05) is 11.1 Å². The summed E-state index contributed by atoms with van der Waals surface area (Å²) in [4.78, 5) is 4.82. The van der Waals surface area contributed by atoms with E-state index in [-0.39, 0.29) is 0 Å². The topological polar surface area (TPSA) is 39.9 Å². The Labute approximate surface area is 152 Å². The van der Waals surface area contributed by atoms with Crippen molar-refractivity contribution < 1.29 is 4.74 Å². The molecule has 4 rings (SSSR count). The zero-order valence-electron chi connectivity index (χ0n) is 14.5. The molecule has 0 bridgehead atoms. The molecule has 4 aromatic rings. The summed E-state index contributed by atoms with van der Waals surface area (Å²) in [5.74, 6) is 2.34. The van der Waals surface area contributed by atoms with E-state index < -0.39 is 0 Å². The van der Waals surface area contributed by atoms with Crippen molar-refractivity contribution in [3.63, 3.8) is 0 Å². The number of rotatable bonds is 5. The van der Waals surface area contributed by atoms with E-state index in [0.717, 1.165) is 22.7 Å². The molecule has 0 radical (unpaired) electrons. The van der Waals surface area contributed by atoms with Crippen LogP contribution in [0, 0.1) is 0 Å². The van der Waals surface area contributed by atoms with Gasteiger partial charge in [-0.05, 0) is 17.7 Å². The zero-order valence-corrected chi connectivity index (χ0v) is 14.5. The summed E-state index contributed by atoms with van der Waals surface area (Å²) in [7, 11) is 1.66. The van der Waals surface area contributed by atoms with Crippen LogP contribution in [0.15, 0.2) is 84.9 Å². The first-order valence-corrected chi connectivity index (χ1v) is 8.52. The second-order valence-corrected chi connectivity index (χ2v) is 6.00. The monoisotopic (exact) mass is 341 g/mol. The van der Waals surface area contributed by atoms with Crippen molar-refractivity contribution in [3.05, 3.63) is 90.5 Å². The van der Waals surface area contributed by atoms with Crippen molar-refractivity contribution >= 4 is 0 Å². The first kappa shape index (κ1) is 16.1. The summed E-state index contributed by atoms with van der Waals surface area (Å²) in [5.41, 5.74) is 3.17. The lowest BCUT2D eigenvalue weighted by Gasteiger charge is -2.06. The third-order valence-corrected chi connectivity index (χ3v) is 4.21. The molecular weight excluding hydrogens is 322 g/mol. The highest BCUT2D eigenvalue weighted by molar-refractivity contribution is 5.63. The Balaban J connectivity index is 1.79. The van der Waals surface area contributed by atoms with Gasteiger partial charge in [0.1, 0.15) is 5.75 Å². The molecule has 1 heterocycles. The van der Waals surface area contributed by atoms with Gasteiger partial charge >= 0.3 is 0 Å². The Kier molecular flexibility index (Phi) is 4.48. The van der Waals surface area contributed by atoms with Gasteiger partial charge in [0.25, 0.3) is 0 Å². The summed E-state index contributed by atoms with van der Waals surface area (Å²) >= 11 is 0. The van der Waals surface area contributed by atoms with Gasteiger partial charge in [0.2, 0.25) is 0 Å². The Hall–Kier alpha value is -3.40. The summed E-state index contributed by atoms with van der Waals surface area (Å²) in [6, 6.07) is 28.3. The predicted molar refractivity (Wildman–Crippen MR) is 103 cm³/mol. The average molecular weight is 341 g/mol. The maximum atomic E-state index is 5.33. The Bertz CT molecular complexity index is 994. The molecule has 0 atom stereocenters. The van der Waals surface area contributed by atoms with Crippen LogP contribution in [-0.4, -0.2) is 21.9 Å². The van der Waals surface area contributed by atoms with Crippen LogP contribution in [0.3, 0.4) is 0 Å². The number of nitrogens with zero attached hydrogens (tertiary/aromatic N) is 3. The van der Waals surface area contributed by atoms with Gasteiger partial charge < -0.3 is 4.74 Å². The van der Waals surface area contributed by atoms with Crippen LogP contribution in [0.4, 0.5) is 0 Å². The molecule has 0 spiro atoms. The minimum atomic E-state index is 0.669. The maximum absolute atomic E-state index is 5.33. The van der Waals surface area contributed by atoms with E-state index in [0.29, 0.717) is 12.4 Å². The first-order valence-electron chi connectivity index (χ1n) is 8.52. The molecular formula is C22H19N3O. The quantitative estimate of drug-likeness (QED) is 0.530. The summed E-state index contributed by atoms with van der Waals surface area (Å²) < 4.78 is 7.29. The molecule has 0 aliphatic heterocycles. The van der Waals surface area contributed by atoms with Crippen molar-refractivity contribution in [3.8, 4) is 28.5 Å². The second kappa shape index (κ2) is 7.23. The lowest BCUT2D eigenvalue weighted by molar-refractivity contribution is 0.415. The van der Waals surface area contributed by atoms with Crippen LogP contribution < -0.4 is 4.74 Å². The summed E-state index contributed by atoms with van der Waals surface area (Å²) in [6.07, 6.45) is 0. The van der Waals surface area contributed by atoms with E-state index in [1.165, 1.54) is 5.56 Å².